The van der Waals surface area contributed by atoms with E-state index < -0.39 is 17.7 Å². The lowest BCUT2D eigenvalue weighted by Gasteiger charge is -2.15. The zero-order chi connectivity index (χ0) is 16.1. The van der Waals surface area contributed by atoms with E-state index in [0.717, 1.165) is 17.7 Å². The van der Waals surface area contributed by atoms with Crippen LogP contribution in [-0.4, -0.2) is 12.0 Å². The third-order valence-electron chi connectivity index (χ3n) is 2.98. The lowest BCUT2D eigenvalue weighted by molar-refractivity contribution is -0.127. The van der Waals surface area contributed by atoms with Gasteiger partial charge in [0.25, 0.3) is 5.91 Å². The Balaban J connectivity index is 1.92. The summed E-state index contributed by atoms with van der Waals surface area (Å²) in [6.45, 7) is 1.77. The molecule has 1 atom stereocenters. The van der Waals surface area contributed by atoms with Crippen LogP contribution in [0.25, 0.3) is 0 Å². The van der Waals surface area contributed by atoms with Crippen molar-refractivity contribution >= 4 is 17.5 Å². The van der Waals surface area contributed by atoms with Crippen LogP contribution in [0.3, 0.4) is 0 Å². The van der Waals surface area contributed by atoms with Crippen molar-refractivity contribution in [2.24, 2.45) is 0 Å². The average molecular weight is 326 g/mol. The van der Waals surface area contributed by atoms with Crippen molar-refractivity contribution in [1.82, 2.24) is 5.32 Å². The number of benzene rings is 2. The summed E-state index contributed by atoms with van der Waals surface area (Å²) in [5, 5.41) is 3.22. The summed E-state index contributed by atoms with van der Waals surface area (Å²) in [6, 6.07) is 10.2. The number of hydrogen-bond donors (Lipinski definition) is 1. The van der Waals surface area contributed by atoms with Gasteiger partial charge in [0.15, 0.2) is 17.7 Å². The standard InChI is InChI=1S/C16H14ClF2NO2/c1-10(22-12-6-7-14(18)15(19)8-12)16(21)20-9-11-4-2-3-5-13(11)17/h2-8,10H,9H2,1H3,(H,20,21)/t10-/m0/s1. The zero-order valence-electron chi connectivity index (χ0n) is 11.8. The van der Waals surface area contributed by atoms with Gasteiger partial charge in [0.1, 0.15) is 5.75 Å². The van der Waals surface area contributed by atoms with E-state index in [1.54, 1.807) is 18.2 Å². The number of carbonyl (C=O) groups is 1. The predicted molar refractivity (Wildman–Crippen MR) is 79.7 cm³/mol. The highest BCUT2D eigenvalue weighted by Gasteiger charge is 2.15. The summed E-state index contributed by atoms with van der Waals surface area (Å²) < 4.78 is 31.2. The maximum atomic E-state index is 13.1. The Morgan fingerprint density at radius 3 is 2.64 bits per heavy atom. The molecule has 3 nitrogen and oxygen atoms in total. The number of ether oxygens (including phenoxy) is 1. The van der Waals surface area contributed by atoms with Crippen molar-refractivity contribution in [2.45, 2.75) is 19.6 Å². The molecule has 0 fully saturated rings. The predicted octanol–water partition coefficient (Wildman–Crippen LogP) is 3.70. The zero-order valence-corrected chi connectivity index (χ0v) is 12.5. The fourth-order valence-corrected chi connectivity index (χ4v) is 1.98. The van der Waals surface area contributed by atoms with E-state index >= 15 is 0 Å². The van der Waals surface area contributed by atoms with Gasteiger partial charge < -0.3 is 10.1 Å². The summed E-state index contributed by atoms with van der Waals surface area (Å²) in [4.78, 5) is 11.9. The van der Waals surface area contributed by atoms with Crippen LogP contribution in [0.15, 0.2) is 42.5 Å². The molecule has 0 aliphatic heterocycles. The molecule has 1 amide bonds. The summed E-state index contributed by atoms with van der Waals surface area (Å²) in [5.74, 6) is -2.30. The van der Waals surface area contributed by atoms with Crippen LogP contribution in [0.2, 0.25) is 5.02 Å². The minimum Gasteiger partial charge on any atom is -0.481 e. The maximum Gasteiger partial charge on any atom is 0.261 e. The Morgan fingerprint density at radius 1 is 1.23 bits per heavy atom. The molecular formula is C16H14ClF2NO2. The van der Waals surface area contributed by atoms with Crippen LogP contribution >= 0.6 is 11.6 Å². The van der Waals surface area contributed by atoms with Crippen molar-refractivity contribution in [3.8, 4) is 5.75 Å². The summed E-state index contributed by atoms with van der Waals surface area (Å²) in [6.07, 6.45) is -0.854. The lowest BCUT2D eigenvalue weighted by Crippen LogP contribution is -2.36. The molecule has 2 rings (SSSR count). The van der Waals surface area contributed by atoms with Gasteiger partial charge in [-0.25, -0.2) is 8.78 Å². The SMILES string of the molecule is C[C@H](Oc1ccc(F)c(F)c1)C(=O)NCc1ccccc1Cl. The fourth-order valence-electron chi connectivity index (χ4n) is 1.78. The van der Waals surface area contributed by atoms with Gasteiger partial charge in [-0.15, -0.1) is 0 Å². The summed E-state index contributed by atoms with van der Waals surface area (Å²) in [5.41, 5.74) is 0.776. The van der Waals surface area contributed by atoms with Crippen LogP contribution in [0, 0.1) is 11.6 Å². The van der Waals surface area contributed by atoms with E-state index in [1.807, 2.05) is 6.07 Å². The first-order valence-corrected chi connectivity index (χ1v) is 6.98. The molecule has 0 bridgehead atoms. The van der Waals surface area contributed by atoms with Gasteiger partial charge in [-0.05, 0) is 30.7 Å². The molecule has 0 aliphatic rings. The Hall–Kier alpha value is -2.14. The van der Waals surface area contributed by atoms with Gasteiger partial charge in [0.2, 0.25) is 0 Å². The van der Waals surface area contributed by atoms with Gasteiger partial charge in [0.05, 0.1) is 0 Å². The first-order chi connectivity index (χ1) is 10.5. The van der Waals surface area contributed by atoms with Gasteiger partial charge in [-0.1, -0.05) is 29.8 Å². The summed E-state index contributed by atoms with van der Waals surface area (Å²) in [7, 11) is 0. The minimum absolute atomic E-state index is 0.0827. The van der Waals surface area contributed by atoms with Crippen LogP contribution < -0.4 is 10.1 Å². The molecule has 0 spiro atoms. The molecule has 0 heterocycles. The van der Waals surface area contributed by atoms with Gasteiger partial charge in [0, 0.05) is 17.6 Å². The first-order valence-electron chi connectivity index (χ1n) is 6.60. The van der Waals surface area contributed by atoms with Gasteiger partial charge in [-0.2, -0.15) is 0 Å². The fraction of sp³-hybridized carbons (Fsp3) is 0.188. The molecule has 0 saturated carbocycles. The Labute approximate surface area is 131 Å². The quantitative estimate of drug-likeness (QED) is 0.910. The molecule has 22 heavy (non-hydrogen) atoms. The third kappa shape index (κ3) is 4.18. The normalized spacial score (nSPS) is 11.8. The van der Waals surface area contributed by atoms with E-state index in [4.69, 9.17) is 16.3 Å². The number of carbonyl (C=O) groups excluding carboxylic acids is 1. The van der Waals surface area contributed by atoms with Crippen molar-refractivity contribution < 1.29 is 18.3 Å². The second kappa shape index (κ2) is 7.22. The van der Waals surface area contributed by atoms with E-state index in [9.17, 15) is 13.6 Å². The van der Waals surface area contributed by atoms with Crippen molar-refractivity contribution in [3.63, 3.8) is 0 Å². The highest BCUT2D eigenvalue weighted by molar-refractivity contribution is 6.31. The van der Waals surface area contributed by atoms with E-state index in [-0.39, 0.29) is 18.2 Å². The van der Waals surface area contributed by atoms with Crippen LogP contribution in [0.1, 0.15) is 12.5 Å². The molecule has 0 aliphatic carbocycles. The molecular weight excluding hydrogens is 312 g/mol. The largest absolute Gasteiger partial charge is 0.481 e. The number of halogens is 3. The Bertz CT molecular complexity index is 679. The van der Waals surface area contributed by atoms with Crippen molar-refractivity contribution in [2.75, 3.05) is 0 Å². The molecule has 0 aromatic heterocycles. The third-order valence-corrected chi connectivity index (χ3v) is 3.35. The Kier molecular flexibility index (Phi) is 5.33. The first kappa shape index (κ1) is 16.2. The maximum absolute atomic E-state index is 13.1. The molecule has 2 aromatic carbocycles. The van der Waals surface area contributed by atoms with Crippen LogP contribution in [-0.2, 0) is 11.3 Å². The van der Waals surface area contributed by atoms with Crippen molar-refractivity contribution in [3.05, 3.63) is 64.7 Å². The number of amides is 1. The van der Waals surface area contributed by atoms with E-state index in [1.165, 1.54) is 13.0 Å². The summed E-state index contributed by atoms with van der Waals surface area (Å²) >= 11 is 5.99. The topological polar surface area (TPSA) is 38.3 Å². The van der Waals surface area contributed by atoms with E-state index in [0.29, 0.717) is 5.02 Å². The van der Waals surface area contributed by atoms with Crippen LogP contribution in [0.5, 0.6) is 5.75 Å². The molecule has 0 radical (unpaired) electrons. The Morgan fingerprint density at radius 2 is 1.95 bits per heavy atom. The highest BCUT2D eigenvalue weighted by atomic mass is 35.5. The van der Waals surface area contributed by atoms with E-state index in [2.05, 4.69) is 5.32 Å². The molecule has 2 aromatic rings. The lowest BCUT2D eigenvalue weighted by atomic mass is 10.2. The van der Waals surface area contributed by atoms with Crippen LogP contribution in [0.4, 0.5) is 8.78 Å². The number of rotatable bonds is 5. The molecule has 6 heteroatoms. The molecule has 0 unspecified atom stereocenters. The van der Waals surface area contributed by atoms with Gasteiger partial charge in [-0.3, -0.25) is 4.79 Å². The molecule has 116 valence electrons. The highest BCUT2D eigenvalue weighted by Crippen LogP contribution is 2.17. The number of nitrogens with one attached hydrogen (secondary N) is 1. The van der Waals surface area contributed by atoms with Gasteiger partial charge >= 0.3 is 0 Å². The molecule has 0 saturated heterocycles. The smallest absolute Gasteiger partial charge is 0.261 e. The monoisotopic (exact) mass is 325 g/mol. The second-order valence-electron chi connectivity index (χ2n) is 4.65. The average Bonchev–Trinajstić information content (AvgIpc) is 2.50. The second-order valence-corrected chi connectivity index (χ2v) is 5.05. The number of hydrogen-bond acceptors (Lipinski definition) is 2. The molecule has 1 N–H and O–H groups in total. The minimum atomic E-state index is -1.03. The van der Waals surface area contributed by atoms with Crippen molar-refractivity contribution in [1.29, 1.82) is 0 Å².